The predicted octanol–water partition coefficient (Wildman–Crippen LogP) is 1.07. The minimum absolute atomic E-state index is 0.265. The Kier molecular flexibility index (Phi) is 4.21. The first-order chi connectivity index (χ1) is 9.31. The van der Waals surface area contributed by atoms with Gasteiger partial charge in [-0.25, -0.2) is 0 Å². The Morgan fingerprint density at radius 3 is 2.84 bits per heavy atom. The van der Waals surface area contributed by atoms with E-state index in [-0.39, 0.29) is 12.5 Å². The van der Waals surface area contributed by atoms with Gasteiger partial charge in [-0.15, -0.1) is 0 Å². The van der Waals surface area contributed by atoms with Crippen molar-refractivity contribution >= 4 is 11.6 Å². The van der Waals surface area contributed by atoms with Crippen molar-refractivity contribution in [3.05, 3.63) is 54.1 Å². The molecule has 0 radical (unpaired) electrons. The van der Waals surface area contributed by atoms with Crippen molar-refractivity contribution in [2.75, 3.05) is 11.9 Å². The topological polar surface area (TPSA) is 75.1 Å². The number of anilines is 1. The van der Waals surface area contributed by atoms with E-state index in [9.17, 15) is 4.79 Å². The number of hydrogen-bond acceptors (Lipinski definition) is 4. The summed E-state index contributed by atoms with van der Waals surface area (Å²) in [4.78, 5) is 19.9. The van der Waals surface area contributed by atoms with E-state index in [1.807, 2.05) is 0 Å². The van der Waals surface area contributed by atoms with Crippen molar-refractivity contribution in [2.45, 2.75) is 0 Å². The van der Waals surface area contributed by atoms with Gasteiger partial charge in [0.15, 0.2) is 0 Å². The average molecular weight is 253 g/mol. The summed E-state index contributed by atoms with van der Waals surface area (Å²) in [5, 5.41) is 11.4. The molecule has 0 spiro atoms. The number of carbonyl (C=O) groups excluding carboxylic acids is 1. The molecule has 2 aromatic heterocycles. The minimum atomic E-state index is -0.294. The fourth-order valence-electron chi connectivity index (χ4n) is 1.46. The van der Waals surface area contributed by atoms with E-state index in [0.29, 0.717) is 16.8 Å². The Bertz CT molecular complexity index is 630. The molecule has 0 aromatic carbocycles. The number of rotatable bonds is 2. The number of amides is 1. The molecule has 0 saturated carbocycles. The van der Waals surface area contributed by atoms with Crippen LogP contribution >= 0.6 is 0 Å². The molecule has 5 heteroatoms. The summed E-state index contributed by atoms with van der Waals surface area (Å²) in [5.41, 5.74) is 1.48. The van der Waals surface area contributed by atoms with Gasteiger partial charge in [0.05, 0.1) is 23.0 Å². The number of carbonyl (C=O) groups is 1. The van der Waals surface area contributed by atoms with Crippen LogP contribution in [0.1, 0.15) is 15.9 Å². The third kappa shape index (κ3) is 3.37. The van der Waals surface area contributed by atoms with Crippen molar-refractivity contribution < 1.29 is 9.90 Å². The second-order valence-corrected chi connectivity index (χ2v) is 3.58. The van der Waals surface area contributed by atoms with E-state index < -0.39 is 0 Å². The van der Waals surface area contributed by atoms with Gasteiger partial charge in [0, 0.05) is 18.6 Å². The lowest BCUT2D eigenvalue weighted by atomic mass is 10.1. The Morgan fingerprint density at radius 2 is 2.11 bits per heavy atom. The zero-order valence-corrected chi connectivity index (χ0v) is 10.00. The molecule has 0 atom stereocenters. The smallest absolute Gasteiger partial charge is 0.257 e. The van der Waals surface area contributed by atoms with Gasteiger partial charge in [-0.1, -0.05) is 11.8 Å². The molecule has 0 unspecified atom stereocenters. The maximum atomic E-state index is 12.1. The molecule has 0 aliphatic heterocycles. The van der Waals surface area contributed by atoms with Crippen LogP contribution in [-0.4, -0.2) is 27.6 Å². The van der Waals surface area contributed by atoms with E-state index in [4.69, 9.17) is 5.11 Å². The average Bonchev–Trinajstić information content (AvgIpc) is 2.46. The molecule has 0 aliphatic rings. The second-order valence-electron chi connectivity index (χ2n) is 3.58. The Labute approximate surface area is 110 Å². The first kappa shape index (κ1) is 12.7. The van der Waals surface area contributed by atoms with Gasteiger partial charge in [-0.2, -0.15) is 0 Å². The standard InChI is InChI=1S/C14H11N3O2/c18-8-2-3-11-9-16-7-5-13(11)14(19)17-12-4-1-6-15-10-12/h1,4-7,9-10,18H,8H2,(H,17,19). The highest BCUT2D eigenvalue weighted by atomic mass is 16.2. The molecule has 94 valence electrons. The van der Waals surface area contributed by atoms with Crippen LogP contribution in [0.4, 0.5) is 5.69 Å². The first-order valence-corrected chi connectivity index (χ1v) is 5.56. The molecule has 2 heterocycles. The molecule has 0 saturated heterocycles. The molecule has 1 amide bonds. The molecule has 2 N–H and O–H groups in total. The third-order valence-corrected chi connectivity index (χ3v) is 2.29. The van der Waals surface area contributed by atoms with Crippen LogP contribution in [0, 0.1) is 11.8 Å². The fourth-order valence-corrected chi connectivity index (χ4v) is 1.46. The second kappa shape index (κ2) is 6.28. The van der Waals surface area contributed by atoms with Crippen LogP contribution in [0.5, 0.6) is 0 Å². The lowest BCUT2D eigenvalue weighted by Gasteiger charge is -2.05. The van der Waals surface area contributed by atoms with E-state index >= 15 is 0 Å². The largest absolute Gasteiger partial charge is 0.384 e. The predicted molar refractivity (Wildman–Crippen MR) is 70.4 cm³/mol. The number of nitrogens with one attached hydrogen (secondary N) is 1. The summed E-state index contributed by atoms with van der Waals surface area (Å²) in [6.07, 6.45) is 6.18. The normalized spacial score (nSPS) is 9.32. The van der Waals surface area contributed by atoms with Gasteiger partial charge in [-0.05, 0) is 18.2 Å². The first-order valence-electron chi connectivity index (χ1n) is 5.56. The molecular formula is C14H11N3O2. The molecule has 0 bridgehead atoms. The molecular weight excluding hydrogens is 242 g/mol. The van der Waals surface area contributed by atoms with Crippen LogP contribution in [0.2, 0.25) is 0 Å². The Balaban J connectivity index is 2.24. The quantitative estimate of drug-likeness (QED) is 0.785. The van der Waals surface area contributed by atoms with E-state index in [0.717, 1.165) is 0 Å². The summed E-state index contributed by atoms with van der Waals surface area (Å²) < 4.78 is 0. The summed E-state index contributed by atoms with van der Waals surface area (Å²) in [5.74, 6) is 4.89. The van der Waals surface area contributed by atoms with E-state index in [1.165, 1.54) is 12.4 Å². The number of hydrogen-bond donors (Lipinski definition) is 2. The Morgan fingerprint density at radius 1 is 1.26 bits per heavy atom. The van der Waals surface area contributed by atoms with Crippen molar-refractivity contribution in [3.8, 4) is 11.8 Å². The van der Waals surface area contributed by atoms with Gasteiger partial charge >= 0.3 is 0 Å². The lowest BCUT2D eigenvalue weighted by molar-refractivity contribution is 0.102. The van der Waals surface area contributed by atoms with Crippen molar-refractivity contribution in [2.24, 2.45) is 0 Å². The molecule has 0 fully saturated rings. The molecule has 2 aromatic rings. The van der Waals surface area contributed by atoms with Crippen LogP contribution in [0.15, 0.2) is 43.0 Å². The highest BCUT2D eigenvalue weighted by Crippen LogP contribution is 2.10. The zero-order valence-electron chi connectivity index (χ0n) is 10.00. The summed E-state index contributed by atoms with van der Waals surface area (Å²) in [7, 11) is 0. The SMILES string of the molecule is O=C(Nc1cccnc1)c1ccncc1C#CCO. The van der Waals surface area contributed by atoms with Crippen LogP contribution < -0.4 is 5.32 Å². The number of nitrogens with zero attached hydrogens (tertiary/aromatic N) is 2. The van der Waals surface area contributed by atoms with Gasteiger partial charge in [-0.3, -0.25) is 14.8 Å². The number of pyridine rings is 2. The van der Waals surface area contributed by atoms with Gasteiger partial charge < -0.3 is 10.4 Å². The monoisotopic (exact) mass is 253 g/mol. The van der Waals surface area contributed by atoms with Crippen molar-refractivity contribution in [3.63, 3.8) is 0 Å². The van der Waals surface area contributed by atoms with Crippen molar-refractivity contribution in [1.82, 2.24) is 9.97 Å². The third-order valence-electron chi connectivity index (χ3n) is 2.29. The summed E-state index contributed by atoms with van der Waals surface area (Å²) in [6, 6.07) is 5.05. The molecule has 0 aliphatic carbocycles. The van der Waals surface area contributed by atoms with Crippen molar-refractivity contribution in [1.29, 1.82) is 0 Å². The maximum Gasteiger partial charge on any atom is 0.257 e. The van der Waals surface area contributed by atoms with Gasteiger partial charge in [0.1, 0.15) is 6.61 Å². The highest BCUT2D eigenvalue weighted by Gasteiger charge is 2.10. The summed E-state index contributed by atoms with van der Waals surface area (Å²) in [6.45, 7) is -0.265. The van der Waals surface area contributed by atoms with Gasteiger partial charge in [0.25, 0.3) is 5.91 Å². The minimum Gasteiger partial charge on any atom is -0.384 e. The van der Waals surface area contributed by atoms with Crippen LogP contribution in [0.3, 0.4) is 0 Å². The number of aliphatic hydroxyl groups excluding tert-OH is 1. The zero-order chi connectivity index (χ0) is 13.5. The van der Waals surface area contributed by atoms with Crippen LogP contribution in [0.25, 0.3) is 0 Å². The van der Waals surface area contributed by atoms with Gasteiger partial charge in [0.2, 0.25) is 0 Å². The number of aromatic nitrogens is 2. The highest BCUT2D eigenvalue weighted by molar-refractivity contribution is 6.05. The molecule has 2 rings (SSSR count). The van der Waals surface area contributed by atoms with Crippen LogP contribution in [-0.2, 0) is 0 Å². The molecule has 19 heavy (non-hydrogen) atoms. The fraction of sp³-hybridized carbons (Fsp3) is 0.0714. The van der Waals surface area contributed by atoms with E-state index in [2.05, 4.69) is 27.1 Å². The number of aliphatic hydroxyl groups is 1. The molecule has 5 nitrogen and oxygen atoms in total. The maximum absolute atomic E-state index is 12.1. The Hall–Kier alpha value is -2.71. The summed E-state index contributed by atoms with van der Waals surface area (Å²) >= 11 is 0. The lowest BCUT2D eigenvalue weighted by Crippen LogP contribution is -2.13. The van der Waals surface area contributed by atoms with E-state index in [1.54, 1.807) is 30.6 Å².